The number of rotatable bonds is 7. The van der Waals surface area contributed by atoms with E-state index in [1.54, 1.807) is 0 Å². The molecule has 0 bridgehead atoms. The van der Waals surface area contributed by atoms with Gasteiger partial charge in [0.1, 0.15) is 5.82 Å². The highest BCUT2D eigenvalue weighted by atomic mass is 15.2. The SMILES string of the molecule is c1ccc(-c2cc(NCCc3ccccn3)nc(NC3CCCCC3)n2)cc1. The second-order valence-electron chi connectivity index (χ2n) is 7.31. The lowest BCUT2D eigenvalue weighted by Gasteiger charge is -2.23. The van der Waals surface area contributed by atoms with Gasteiger partial charge in [-0.05, 0) is 25.0 Å². The zero-order chi connectivity index (χ0) is 19.0. The van der Waals surface area contributed by atoms with E-state index < -0.39 is 0 Å². The number of aromatic nitrogens is 3. The van der Waals surface area contributed by atoms with Crippen LogP contribution in [0.4, 0.5) is 11.8 Å². The van der Waals surface area contributed by atoms with E-state index in [-0.39, 0.29) is 0 Å². The van der Waals surface area contributed by atoms with Crippen molar-refractivity contribution in [1.29, 1.82) is 0 Å². The lowest BCUT2D eigenvalue weighted by atomic mass is 9.96. The third-order valence-electron chi connectivity index (χ3n) is 5.15. The molecule has 1 saturated carbocycles. The number of anilines is 2. The van der Waals surface area contributed by atoms with Gasteiger partial charge in [0.15, 0.2) is 0 Å². The van der Waals surface area contributed by atoms with E-state index in [4.69, 9.17) is 9.97 Å². The van der Waals surface area contributed by atoms with Crippen LogP contribution in [0, 0.1) is 0 Å². The van der Waals surface area contributed by atoms with E-state index in [1.165, 1.54) is 32.1 Å². The van der Waals surface area contributed by atoms with Crippen LogP contribution in [0.25, 0.3) is 11.3 Å². The summed E-state index contributed by atoms with van der Waals surface area (Å²) in [6, 6.07) is 18.8. The molecule has 0 atom stereocenters. The van der Waals surface area contributed by atoms with Crippen LogP contribution >= 0.6 is 0 Å². The highest BCUT2D eigenvalue weighted by Crippen LogP contribution is 2.24. The quantitative estimate of drug-likeness (QED) is 0.614. The van der Waals surface area contributed by atoms with E-state index >= 15 is 0 Å². The molecule has 0 radical (unpaired) electrons. The highest BCUT2D eigenvalue weighted by molar-refractivity contribution is 5.64. The summed E-state index contributed by atoms with van der Waals surface area (Å²) in [5, 5.41) is 7.01. The van der Waals surface area contributed by atoms with Crippen LogP contribution in [0.3, 0.4) is 0 Å². The van der Waals surface area contributed by atoms with Crippen molar-refractivity contribution in [3.8, 4) is 11.3 Å². The monoisotopic (exact) mass is 373 g/mol. The first-order valence-electron chi connectivity index (χ1n) is 10.2. The Morgan fingerprint density at radius 1 is 0.893 bits per heavy atom. The fraction of sp³-hybridized carbons (Fsp3) is 0.348. The Kier molecular flexibility index (Phi) is 6.12. The van der Waals surface area contributed by atoms with Crippen LogP contribution in [-0.4, -0.2) is 27.5 Å². The number of benzene rings is 1. The van der Waals surface area contributed by atoms with Crippen LogP contribution in [0.5, 0.6) is 0 Å². The highest BCUT2D eigenvalue weighted by Gasteiger charge is 2.15. The van der Waals surface area contributed by atoms with E-state index in [2.05, 4.69) is 27.8 Å². The summed E-state index contributed by atoms with van der Waals surface area (Å²) in [5.74, 6) is 1.57. The summed E-state index contributed by atoms with van der Waals surface area (Å²) in [4.78, 5) is 13.9. The molecule has 1 aliphatic carbocycles. The van der Waals surface area contributed by atoms with Crippen molar-refractivity contribution in [3.63, 3.8) is 0 Å². The van der Waals surface area contributed by atoms with Crippen LogP contribution in [0.2, 0.25) is 0 Å². The van der Waals surface area contributed by atoms with Gasteiger partial charge in [0, 0.05) is 42.5 Å². The molecule has 2 N–H and O–H groups in total. The molecular formula is C23H27N5. The fourth-order valence-corrected chi connectivity index (χ4v) is 3.65. The normalized spacial score (nSPS) is 14.6. The number of hydrogen-bond donors (Lipinski definition) is 2. The van der Waals surface area contributed by atoms with Gasteiger partial charge in [0.2, 0.25) is 5.95 Å². The molecular weight excluding hydrogens is 346 g/mol. The van der Waals surface area contributed by atoms with Crippen molar-refractivity contribution in [2.75, 3.05) is 17.2 Å². The van der Waals surface area contributed by atoms with Crippen molar-refractivity contribution < 1.29 is 0 Å². The van der Waals surface area contributed by atoms with Crippen molar-refractivity contribution in [2.45, 2.75) is 44.6 Å². The van der Waals surface area contributed by atoms with Gasteiger partial charge in [-0.2, -0.15) is 4.98 Å². The smallest absolute Gasteiger partial charge is 0.225 e. The van der Waals surface area contributed by atoms with Gasteiger partial charge in [-0.15, -0.1) is 0 Å². The number of nitrogens with one attached hydrogen (secondary N) is 2. The molecule has 0 spiro atoms. The van der Waals surface area contributed by atoms with Gasteiger partial charge in [-0.1, -0.05) is 55.7 Å². The molecule has 1 aromatic carbocycles. The van der Waals surface area contributed by atoms with Gasteiger partial charge in [-0.3, -0.25) is 4.98 Å². The average molecular weight is 374 g/mol. The van der Waals surface area contributed by atoms with Crippen molar-refractivity contribution in [2.24, 2.45) is 0 Å². The van der Waals surface area contributed by atoms with Gasteiger partial charge in [0.05, 0.1) is 5.69 Å². The van der Waals surface area contributed by atoms with Gasteiger partial charge < -0.3 is 10.6 Å². The Labute approximate surface area is 166 Å². The molecule has 2 aromatic heterocycles. The van der Waals surface area contributed by atoms with Gasteiger partial charge in [0.25, 0.3) is 0 Å². The molecule has 0 amide bonds. The predicted molar refractivity (Wildman–Crippen MR) is 114 cm³/mol. The first kappa shape index (κ1) is 18.4. The lowest BCUT2D eigenvalue weighted by Crippen LogP contribution is -2.24. The lowest BCUT2D eigenvalue weighted by molar-refractivity contribution is 0.461. The summed E-state index contributed by atoms with van der Waals surface area (Å²) in [6.45, 7) is 0.783. The fourth-order valence-electron chi connectivity index (χ4n) is 3.65. The first-order chi connectivity index (χ1) is 13.9. The molecule has 0 saturated heterocycles. The maximum absolute atomic E-state index is 4.79. The van der Waals surface area contributed by atoms with E-state index in [0.717, 1.165) is 35.7 Å². The summed E-state index contributed by atoms with van der Waals surface area (Å²) < 4.78 is 0. The third kappa shape index (κ3) is 5.06. The third-order valence-corrected chi connectivity index (χ3v) is 5.15. The standard InChI is InChI=1S/C23H27N5/c1-3-9-18(10-4-1)21-17-22(25-16-14-19-11-7-8-15-24-19)28-23(27-21)26-20-12-5-2-6-13-20/h1,3-4,7-11,15,17,20H,2,5-6,12-14,16H2,(H2,25,26,27,28). The number of hydrogen-bond acceptors (Lipinski definition) is 5. The molecule has 5 heteroatoms. The average Bonchev–Trinajstić information content (AvgIpc) is 2.76. The van der Waals surface area contributed by atoms with Crippen molar-refractivity contribution in [3.05, 3.63) is 66.5 Å². The molecule has 0 unspecified atom stereocenters. The molecule has 1 aliphatic rings. The summed E-state index contributed by atoms with van der Waals surface area (Å²) in [6.07, 6.45) is 8.99. The maximum atomic E-state index is 4.79. The Morgan fingerprint density at radius 2 is 1.71 bits per heavy atom. The zero-order valence-electron chi connectivity index (χ0n) is 16.1. The van der Waals surface area contributed by atoms with E-state index in [0.29, 0.717) is 12.0 Å². The van der Waals surface area contributed by atoms with E-state index in [1.807, 2.05) is 48.7 Å². The molecule has 5 nitrogen and oxygen atoms in total. The van der Waals surface area contributed by atoms with Crippen molar-refractivity contribution in [1.82, 2.24) is 15.0 Å². The largest absolute Gasteiger partial charge is 0.369 e. The Hall–Kier alpha value is -2.95. The van der Waals surface area contributed by atoms with Gasteiger partial charge in [-0.25, -0.2) is 4.98 Å². The molecule has 0 aliphatic heterocycles. The molecule has 3 aromatic rings. The molecule has 28 heavy (non-hydrogen) atoms. The molecule has 144 valence electrons. The Balaban J connectivity index is 1.51. The second-order valence-corrected chi connectivity index (χ2v) is 7.31. The molecule has 4 rings (SSSR count). The molecule has 2 heterocycles. The summed E-state index contributed by atoms with van der Waals surface area (Å²) >= 11 is 0. The summed E-state index contributed by atoms with van der Waals surface area (Å²) in [7, 11) is 0. The second kappa shape index (κ2) is 9.31. The topological polar surface area (TPSA) is 62.7 Å². The maximum Gasteiger partial charge on any atom is 0.225 e. The minimum absolute atomic E-state index is 0.473. The van der Waals surface area contributed by atoms with Crippen LogP contribution in [0.1, 0.15) is 37.8 Å². The van der Waals surface area contributed by atoms with Crippen LogP contribution in [0.15, 0.2) is 60.8 Å². The summed E-state index contributed by atoms with van der Waals surface area (Å²) in [5.41, 5.74) is 3.12. The van der Waals surface area contributed by atoms with Crippen molar-refractivity contribution >= 4 is 11.8 Å². The zero-order valence-corrected chi connectivity index (χ0v) is 16.1. The minimum atomic E-state index is 0.473. The Morgan fingerprint density at radius 3 is 2.50 bits per heavy atom. The molecule has 1 fully saturated rings. The number of pyridine rings is 1. The van der Waals surface area contributed by atoms with Gasteiger partial charge >= 0.3 is 0 Å². The van der Waals surface area contributed by atoms with Crippen LogP contribution in [-0.2, 0) is 6.42 Å². The van der Waals surface area contributed by atoms with E-state index in [9.17, 15) is 0 Å². The first-order valence-corrected chi connectivity index (χ1v) is 10.2. The minimum Gasteiger partial charge on any atom is -0.369 e. The predicted octanol–water partition coefficient (Wildman–Crippen LogP) is 4.94. The number of nitrogens with zero attached hydrogens (tertiary/aromatic N) is 3. The van der Waals surface area contributed by atoms with Crippen LogP contribution < -0.4 is 10.6 Å². The Bertz CT molecular complexity index is 861.